The van der Waals surface area contributed by atoms with Crippen LogP contribution in [-0.2, 0) is 38.6 Å². The lowest BCUT2D eigenvalue weighted by molar-refractivity contribution is -0.945. The largest absolute Gasteiger partial charge is 0.511 e. The van der Waals surface area contributed by atoms with Crippen LogP contribution >= 0.6 is 0 Å². The molecule has 9 heteroatoms. The Hall–Kier alpha value is -3.56. The second-order valence-corrected chi connectivity index (χ2v) is 11.6. The van der Waals surface area contributed by atoms with Gasteiger partial charge in [-0.15, -0.1) is 0 Å². The second-order valence-electron chi connectivity index (χ2n) is 11.6. The zero-order valence-electron chi connectivity index (χ0n) is 24.4. The van der Waals surface area contributed by atoms with Gasteiger partial charge in [0, 0.05) is 23.1 Å². The molecule has 1 fully saturated rings. The quantitative estimate of drug-likeness (QED) is 0.127. The van der Waals surface area contributed by atoms with Crippen LogP contribution in [0.15, 0.2) is 70.3 Å². The van der Waals surface area contributed by atoms with Crippen molar-refractivity contribution in [1.82, 2.24) is 0 Å². The predicted octanol–water partition coefficient (Wildman–Crippen LogP) is 5.96. The topological polar surface area (TPSA) is 88.1 Å². The Morgan fingerprint density at radius 3 is 2.22 bits per heavy atom. The van der Waals surface area contributed by atoms with Gasteiger partial charge in [0.25, 0.3) is 0 Å². The summed E-state index contributed by atoms with van der Waals surface area (Å²) in [5.41, 5.74) is 4.67. The third-order valence-corrected chi connectivity index (χ3v) is 7.95. The summed E-state index contributed by atoms with van der Waals surface area (Å²) in [6.07, 6.45) is 10.7. The Morgan fingerprint density at radius 2 is 1.54 bits per heavy atom. The molecule has 3 aromatic rings. The molecule has 41 heavy (non-hydrogen) atoms. The number of likely N-dealkylation sites (N-methyl/N-ethyl adjacent to an activating group) is 1. The Morgan fingerprint density at radius 1 is 0.854 bits per heavy atom. The molecule has 0 saturated carbocycles. The number of furan rings is 2. The number of carbonyl (C=O) groups is 2. The second kappa shape index (κ2) is 14.9. The van der Waals surface area contributed by atoms with Gasteiger partial charge in [-0.05, 0) is 38.3 Å². The number of hydrogen-bond donors (Lipinski definition) is 0. The van der Waals surface area contributed by atoms with Crippen LogP contribution in [0, 0.1) is 6.92 Å². The first kappa shape index (κ1) is 30.4. The first-order valence-electron chi connectivity index (χ1n) is 14.5. The lowest BCUT2D eigenvalue weighted by atomic mass is 10.0. The van der Waals surface area contributed by atoms with E-state index in [0.29, 0.717) is 11.0 Å². The molecular formula is C32H44N2O7+2. The Bertz CT molecular complexity index is 1190. The first-order valence-corrected chi connectivity index (χ1v) is 14.5. The third-order valence-electron chi connectivity index (χ3n) is 7.95. The Balaban J connectivity index is 1.15. The van der Waals surface area contributed by atoms with Gasteiger partial charge >= 0.3 is 12.1 Å². The number of hydrogen-bond acceptors (Lipinski definition) is 7. The monoisotopic (exact) mass is 568 g/mol. The summed E-state index contributed by atoms with van der Waals surface area (Å²) in [7, 11) is 2.12. The van der Waals surface area contributed by atoms with E-state index in [2.05, 4.69) is 38.2 Å². The molecular weight excluding hydrogens is 524 g/mol. The van der Waals surface area contributed by atoms with Gasteiger partial charge in [0.1, 0.15) is 32.8 Å². The van der Waals surface area contributed by atoms with Crippen molar-refractivity contribution in [2.24, 2.45) is 0 Å². The van der Waals surface area contributed by atoms with Crippen LogP contribution in [0.25, 0.3) is 0 Å². The molecule has 1 aliphatic heterocycles. The van der Waals surface area contributed by atoms with Gasteiger partial charge in [0.2, 0.25) is 6.79 Å². The first-order chi connectivity index (χ1) is 19.8. The van der Waals surface area contributed by atoms with Crippen molar-refractivity contribution in [2.45, 2.75) is 58.7 Å². The summed E-state index contributed by atoms with van der Waals surface area (Å²) in [5, 5.41) is 0. The molecule has 0 spiro atoms. The third kappa shape index (κ3) is 10.1. The lowest BCUT2D eigenvalue weighted by Crippen LogP contribution is -2.51. The van der Waals surface area contributed by atoms with Crippen LogP contribution < -0.4 is 0 Å². The molecule has 1 unspecified atom stereocenters. The minimum absolute atomic E-state index is 0.170. The molecule has 0 amide bonds. The van der Waals surface area contributed by atoms with E-state index in [4.69, 9.17) is 23.0 Å². The number of nitrogens with zero attached hydrogens (tertiary/aromatic N) is 2. The van der Waals surface area contributed by atoms with E-state index < -0.39 is 12.9 Å². The fourth-order valence-electron chi connectivity index (χ4n) is 5.75. The van der Waals surface area contributed by atoms with E-state index in [1.165, 1.54) is 36.0 Å². The molecule has 222 valence electrons. The zero-order chi connectivity index (χ0) is 29.0. The number of rotatable bonds is 15. The van der Waals surface area contributed by atoms with Crippen molar-refractivity contribution in [3.8, 4) is 0 Å². The van der Waals surface area contributed by atoms with Gasteiger partial charge in [-0.2, -0.15) is 0 Å². The average Bonchev–Trinajstić information content (AvgIpc) is 3.65. The van der Waals surface area contributed by atoms with E-state index in [1.807, 2.05) is 18.4 Å². The summed E-state index contributed by atoms with van der Waals surface area (Å²) >= 11 is 0. The van der Waals surface area contributed by atoms with Crippen molar-refractivity contribution in [3.63, 3.8) is 0 Å². The summed E-state index contributed by atoms with van der Waals surface area (Å²) in [6, 6.07) is 12.4. The van der Waals surface area contributed by atoms with Crippen LogP contribution in [0.1, 0.15) is 54.4 Å². The number of quaternary nitrogens is 2. The molecule has 1 saturated heterocycles. The summed E-state index contributed by atoms with van der Waals surface area (Å²) in [5.74, 6) is -0.376. The Kier molecular flexibility index (Phi) is 11.0. The summed E-state index contributed by atoms with van der Waals surface area (Å²) in [4.78, 5) is 24.5. The maximum Gasteiger partial charge on any atom is 0.511 e. The van der Waals surface area contributed by atoms with Gasteiger partial charge in [-0.3, -0.25) is 4.79 Å². The van der Waals surface area contributed by atoms with E-state index in [9.17, 15) is 9.59 Å². The number of aryl methyl sites for hydroxylation is 1. The number of carbonyl (C=O) groups excluding carboxylic acids is 2. The molecule has 4 rings (SSSR count). The molecule has 2 aromatic heterocycles. The predicted molar refractivity (Wildman–Crippen MR) is 152 cm³/mol. The van der Waals surface area contributed by atoms with Crippen LogP contribution in [0.3, 0.4) is 0 Å². The number of ether oxygens (including phenoxy) is 3. The van der Waals surface area contributed by atoms with Gasteiger partial charge in [-0.25, -0.2) is 4.79 Å². The highest BCUT2D eigenvalue weighted by Crippen LogP contribution is 2.24. The minimum Gasteiger partial charge on any atom is -0.472 e. The average molecular weight is 569 g/mol. The molecule has 0 radical (unpaired) electrons. The molecule has 0 aliphatic carbocycles. The van der Waals surface area contributed by atoms with Crippen LogP contribution in [0.2, 0.25) is 0 Å². The summed E-state index contributed by atoms with van der Waals surface area (Å²) in [6.45, 7) is 7.91. The minimum atomic E-state index is -0.846. The van der Waals surface area contributed by atoms with Crippen molar-refractivity contribution >= 4 is 12.1 Å². The van der Waals surface area contributed by atoms with Gasteiger partial charge in [-0.1, -0.05) is 29.8 Å². The zero-order valence-corrected chi connectivity index (χ0v) is 24.4. The highest BCUT2D eigenvalue weighted by atomic mass is 16.8. The van der Waals surface area contributed by atoms with Crippen LogP contribution in [-0.4, -0.2) is 67.7 Å². The van der Waals surface area contributed by atoms with Gasteiger partial charge in [0.05, 0.1) is 58.2 Å². The number of piperidine rings is 1. The SMILES string of the molecule is Cc1ccc(C[N+](C)(CCOC(=O)OCOC(=O)CCC[N+]2(Cc3ccoc3)CCCCC2)Cc2ccoc2)cc1. The standard InChI is InChI=1S/C32H44N2O7/c1-27-8-10-28(11-9-27)21-33(2,22-29-12-18-37-24-29)17-20-39-32(36)41-26-40-31(35)7-6-16-34(14-4-3-5-15-34)23-30-13-19-38-25-30/h8-13,18-19,24-25H,3-7,14-17,20-23,26H2,1-2H3/q+2. The fraction of sp³-hybridized carbons (Fsp3) is 0.500. The van der Waals surface area contributed by atoms with Crippen molar-refractivity contribution in [2.75, 3.05) is 46.6 Å². The molecule has 3 heterocycles. The van der Waals surface area contributed by atoms with E-state index >= 15 is 0 Å². The molecule has 1 atom stereocenters. The summed E-state index contributed by atoms with van der Waals surface area (Å²) < 4.78 is 27.6. The lowest BCUT2D eigenvalue weighted by Gasteiger charge is -2.41. The maximum atomic E-state index is 12.3. The van der Waals surface area contributed by atoms with Crippen molar-refractivity contribution in [1.29, 1.82) is 0 Å². The van der Waals surface area contributed by atoms with E-state index in [-0.39, 0.29) is 19.0 Å². The van der Waals surface area contributed by atoms with E-state index in [0.717, 1.165) is 55.7 Å². The number of esters is 1. The number of likely N-dealkylation sites (tertiary alicyclic amines) is 1. The molecule has 0 N–H and O–H groups in total. The number of benzene rings is 1. The molecule has 1 aliphatic rings. The Labute approximate surface area is 242 Å². The molecule has 1 aromatic carbocycles. The van der Waals surface area contributed by atoms with Crippen LogP contribution in [0.5, 0.6) is 0 Å². The van der Waals surface area contributed by atoms with Crippen molar-refractivity contribution in [3.05, 3.63) is 83.7 Å². The van der Waals surface area contributed by atoms with Crippen molar-refractivity contribution < 1.29 is 41.6 Å². The fourth-order valence-corrected chi connectivity index (χ4v) is 5.75. The maximum absolute atomic E-state index is 12.3. The smallest absolute Gasteiger partial charge is 0.472 e. The highest BCUT2D eigenvalue weighted by Gasteiger charge is 2.30. The highest BCUT2D eigenvalue weighted by molar-refractivity contribution is 5.69. The van der Waals surface area contributed by atoms with Crippen LogP contribution in [0.4, 0.5) is 4.79 Å². The molecule has 9 nitrogen and oxygen atoms in total. The molecule has 0 bridgehead atoms. The van der Waals surface area contributed by atoms with E-state index in [1.54, 1.807) is 18.8 Å². The normalized spacial score (nSPS) is 16.0. The van der Waals surface area contributed by atoms with Gasteiger partial charge in [0.15, 0.2) is 0 Å². The van der Waals surface area contributed by atoms with Gasteiger partial charge < -0.3 is 32.0 Å².